The van der Waals surface area contributed by atoms with Gasteiger partial charge in [-0.15, -0.1) is 12.4 Å². The van der Waals surface area contributed by atoms with Crippen LogP contribution >= 0.6 is 12.4 Å². The molecule has 1 aliphatic rings. The van der Waals surface area contributed by atoms with Crippen molar-refractivity contribution in [3.8, 4) is 5.75 Å². The molecular weight excluding hydrogens is 364 g/mol. The van der Waals surface area contributed by atoms with Crippen molar-refractivity contribution < 1.29 is 13.9 Å². The molecule has 0 spiro atoms. The van der Waals surface area contributed by atoms with Crippen LogP contribution in [0.5, 0.6) is 5.75 Å². The number of aryl methyl sites for hydroxylation is 1. The number of furan rings is 1. The molecule has 0 bridgehead atoms. The fraction of sp³-hybridized carbons (Fsp3) is 0.476. The van der Waals surface area contributed by atoms with Gasteiger partial charge in [0.1, 0.15) is 17.3 Å². The molecule has 1 fully saturated rings. The number of benzene rings is 1. The Kier molecular flexibility index (Phi) is 7.75. The Bertz CT molecular complexity index is 739. The van der Waals surface area contributed by atoms with Gasteiger partial charge < -0.3 is 14.5 Å². The predicted molar refractivity (Wildman–Crippen MR) is 109 cm³/mol. The van der Waals surface area contributed by atoms with Crippen molar-refractivity contribution in [3.05, 3.63) is 53.5 Å². The van der Waals surface area contributed by atoms with E-state index in [1.165, 1.54) is 12.8 Å². The van der Waals surface area contributed by atoms with Gasteiger partial charge in [-0.3, -0.25) is 9.69 Å². The molecule has 0 saturated carbocycles. The number of hydrogen-bond acceptors (Lipinski definition) is 4. The number of piperidine rings is 1. The summed E-state index contributed by atoms with van der Waals surface area (Å²) in [5.74, 6) is 3.16. The van der Waals surface area contributed by atoms with Gasteiger partial charge in [0.15, 0.2) is 0 Å². The van der Waals surface area contributed by atoms with Crippen LogP contribution in [-0.4, -0.2) is 37.6 Å². The number of methoxy groups -OCH3 is 1. The van der Waals surface area contributed by atoms with Crippen molar-refractivity contribution in [2.45, 2.75) is 32.7 Å². The topological polar surface area (TPSA) is 54.7 Å². The first-order chi connectivity index (χ1) is 12.6. The van der Waals surface area contributed by atoms with E-state index in [0.29, 0.717) is 17.9 Å². The second kappa shape index (κ2) is 9.81. The molecule has 2 aromatic rings. The van der Waals surface area contributed by atoms with Crippen molar-refractivity contribution in [1.82, 2.24) is 10.2 Å². The minimum Gasteiger partial charge on any atom is -0.497 e. The van der Waals surface area contributed by atoms with Gasteiger partial charge in [-0.2, -0.15) is 0 Å². The molecule has 1 aromatic heterocycles. The second-order valence-electron chi connectivity index (χ2n) is 7.12. The average Bonchev–Trinajstić information content (AvgIpc) is 3.09. The fourth-order valence-electron chi connectivity index (χ4n) is 3.44. The van der Waals surface area contributed by atoms with Crippen LogP contribution in [0.3, 0.4) is 0 Å². The molecule has 3 rings (SSSR count). The highest BCUT2D eigenvalue weighted by Gasteiger charge is 2.27. The summed E-state index contributed by atoms with van der Waals surface area (Å²) in [6, 6.07) is 11.3. The van der Waals surface area contributed by atoms with E-state index < -0.39 is 0 Å². The number of amides is 1. The van der Waals surface area contributed by atoms with Crippen LogP contribution in [0.25, 0.3) is 0 Å². The maximum Gasteiger partial charge on any atom is 0.251 e. The number of nitrogens with one attached hydrogen (secondary N) is 1. The summed E-state index contributed by atoms with van der Waals surface area (Å²) < 4.78 is 11.1. The number of rotatable bonds is 6. The molecule has 1 aromatic carbocycles. The Labute approximate surface area is 167 Å². The van der Waals surface area contributed by atoms with Gasteiger partial charge in [-0.1, -0.05) is 13.0 Å². The van der Waals surface area contributed by atoms with Gasteiger partial charge in [0.2, 0.25) is 0 Å². The maximum absolute atomic E-state index is 12.6. The Hall–Kier alpha value is -1.98. The number of likely N-dealkylation sites (tertiary alicyclic amines) is 1. The van der Waals surface area contributed by atoms with Gasteiger partial charge in [-0.25, -0.2) is 0 Å². The highest BCUT2D eigenvalue weighted by molar-refractivity contribution is 5.94. The molecule has 1 atom stereocenters. The molecule has 0 radical (unpaired) electrons. The lowest BCUT2D eigenvalue weighted by atomic mass is 9.97. The summed E-state index contributed by atoms with van der Waals surface area (Å²) in [5, 5.41) is 3.07. The summed E-state index contributed by atoms with van der Waals surface area (Å²) in [6.45, 7) is 6.83. The van der Waals surface area contributed by atoms with Crippen LogP contribution < -0.4 is 10.1 Å². The first kappa shape index (κ1) is 21.3. The van der Waals surface area contributed by atoms with Crippen LogP contribution in [-0.2, 0) is 0 Å². The molecule has 6 heteroatoms. The Morgan fingerprint density at radius 3 is 2.67 bits per heavy atom. The molecule has 1 unspecified atom stereocenters. The lowest BCUT2D eigenvalue weighted by Crippen LogP contribution is -2.41. The van der Waals surface area contributed by atoms with Crippen molar-refractivity contribution in [3.63, 3.8) is 0 Å². The molecule has 5 nitrogen and oxygen atoms in total. The van der Waals surface area contributed by atoms with Gasteiger partial charge in [0, 0.05) is 12.1 Å². The molecule has 148 valence electrons. The van der Waals surface area contributed by atoms with Gasteiger partial charge in [0.05, 0.1) is 13.2 Å². The summed E-state index contributed by atoms with van der Waals surface area (Å²) in [6.07, 6.45) is 2.36. The Morgan fingerprint density at radius 1 is 1.30 bits per heavy atom. The number of carbonyl (C=O) groups is 1. The second-order valence-corrected chi connectivity index (χ2v) is 7.12. The van der Waals surface area contributed by atoms with E-state index in [4.69, 9.17) is 9.15 Å². The van der Waals surface area contributed by atoms with E-state index in [9.17, 15) is 4.79 Å². The molecule has 1 N–H and O–H groups in total. The van der Waals surface area contributed by atoms with E-state index in [0.717, 1.165) is 30.5 Å². The number of ether oxygens (including phenoxy) is 1. The largest absolute Gasteiger partial charge is 0.497 e. The van der Waals surface area contributed by atoms with Crippen LogP contribution in [0.4, 0.5) is 0 Å². The fourth-order valence-corrected chi connectivity index (χ4v) is 3.44. The van der Waals surface area contributed by atoms with E-state index in [-0.39, 0.29) is 24.4 Å². The average molecular weight is 393 g/mol. The Morgan fingerprint density at radius 2 is 2.04 bits per heavy atom. The minimum atomic E-state index is -0.0949. The number of hydrogen-bond donors (Lipinski definition) is 1. The molecule has 2 heterocycles. The van der Waals surface area contributed by atoms with Crippen LogP contribution in [0.2, 0.25) is 0 Å². The maximum atomic E-state index is 12.6. The van der Waals surface area contributed by atoms with Crippen molar-refractivity contribution in [2.75, 3.05) is 26.7 Å². The normalized spacial score (nSPS) is 16.4. The lowest BCUT2D eigenvalue weighted by molar-refractivity contribution is 0.0894. The van der Waals surface area contributed by atoms with E-state index in [1.807, 2.05) is 31.2 Å². The van der Waals surface area contributed by atoms with Crippen molar-refractivity contribution in [2.24, 2.45) is 5.92 Å². The van der Waals surface area contributed by atoms with Crippen LogP contribution in [0.15, 0.2) is 40.8 Å². The number of carbonyl (C=O) groups excluding carboxylic acids is 1. The summed E-state index contributed by atoms with van der Waals surface area (Å²) >= 11 is 0. The number of halogens is 1. The first-order valence-corrected chi connectivity index (χ1v) is 9.29. The standard InChI is InChI=1S/C21H28N2O3.ClH/c1-15-9-11-23(12-10-15)19(20-8-7-16(2)26-20)14-22-21(24)17-5-4-6-18(13-17)25-3;/h4-8,13,15,19H,9-12,14H2,1-3H3,(H,22,24);1H. The minimum absolute atomic E-state index is 0. The number of nitrogens with zero attached hydrogens (tertiary/aromatic N) is 1. The summed E-state index contributed by atoms with van der Waals surface area (Å²) in [4.78, 5) is 15.0. The quantitative estimate of drug-likeness (QED) is 0.799. The molecule has 1 saturated heterocycles. The molecule has 1 amide bonds. The summed E-state index contributed by atoms with van der Waals surface area (Å²) in [7, 11) is 1.60. The molecule has 27 heavy (non-hydrogen) atoms. The van der Waals surface area contributed by atoms with Crippen LogP contribution in [0.1, 0.15) is 47.7 Å². The third-order valence-corrected chi connectivity index (χ3v) is 5.14. The van der Waals surface area contributed by atoms with Gasteiger partial charge in [0.25, 0.3) is 5.91 Å². The lowest BCUT2D eigenvalue weighted by Gasteiger charge is -2.35. The highest BCUT2D eigenvalue weighted by Crippen LogP contribution is 2.27. The third-order valence-electron chi connectivity index (χ3n) is 5.14. The summed E-state index contributed by atoms with van der Waals surface area (Å²) in [5.41, 5.74) is 0.603. The van der Waals surface area contributed by atoms with E-state index in [2.05, 4.69) is 17.1 Å². The zero-order valence-electron chi connectivity index (χ0n) is 16.2. The zero-order valence-corrected chi connectivity index (χ0v) is 17.1. The first-order valence-electron chi connectivity index (χ1n) is 9.29. The van der Waals surface area contributed by atoms with E-state index >= 15 is 0 Å². The smallest absolute Gasteiger partial charge is 0.251 e. The van der Waals surface area contributed by atoms with Gasteiger partial charge >= 0.3 is 0 Å². The molecular formula is C21H29ClN2O3. The Balaban J connectivity index is 0.00000261. The molecule has 0 aliphatic carbocycles. The van der Waals surface area contributed by atoms with Crippen molar-refractivity contribution in [1.29, 1.82) is 0 Å². The third kappa shape index (κ3) is 5.50. The SMILES string of the molecule is COc1cccc(C(=O)NCC(c2ccc(C)o2)N2CCC(C)CC2)c1.Cl. The molecule has 1 aliphatic heterocycles. The highest BCUT2D eigenvalue weighted by atomic mass is 35.5. The van der Waals surface area contributed by atoms with Gasteiger partial charge in [-0.05, 0) is 69.1 Å². The van der Waals surface area contributed by atoms with E-state index in [1.54, 1.807) is 19.2 Å². The van der Waals surface area contributed by atoms with Crippen LogP contribution in [0, 0.1) is 12.8 Å². The zero-order chi connectivity index (χ0) is 18.5. The predicted octanol–water partition coefficient (Wildman–Crippen LogP) is 4.22. The van der Waals surface area contributed by atoms with Crippen molar-refractivity contribution >= 4 is 18.3 Å². The monoisotopic (exact) mass is 392 g/mol.